The smallest absolute Gasteiger partial charge is 0.422 e. The molecule has 0 aliphatic heterocycles. The first-order chi connectivity index (χ1) is 12.7. The van der Waals surface area contributed by atoms with Crippen LogP contribution in [0.4, 0.5) is 23.2 Å². The first kappa shape index (κ1) is 20.3. The minimum absolute atomic E-state index is 0.390. The van der Waals surface area contributed by atoms with Crippen LogP contribution in [0.1, 0.15) is 5.56 Å². The summed E-state index contributed by atoms with van der Waals surface area (Å²) in [7, 11) is 2.88. The molecule has 144 valence electrons. The lowest BCUT2D eigenvalue weighted by molar-refractivity contribution is -0.122. The van der Waals surface area contributed by atoms with Crippen molar-refractivity contribution in [2.75, 3.05) is 25.7 Å². The number of nitrogens with zero attached hydrogens (tertiary/aromatic N) is 1. The highest BCUT2D eigenvalue weighted by molar-refractivity contribution is 5.93. The molecule has 0 N–H and O–H groups in total. The minimum Gasteiger partial charge on any atom is -0.497 e. The van der Waals surface area contributed by atoms with Crippen LogP contribution in [-0.2, 0) is 9.53 Å². The number of methoxy groups -OCH3 is 1. The molecule has 0 aliphatic carbocycles. The van der Waals surface area contributed by atoms with Gasteiger partial charge in [-0.3, -0.25) is 4.79 Å². The number of anilines is 1. The first-order valence-corrected chi connectivity index (χ1v) is 7.80. The lowest BCUT2D eigenvalue weighted by Gasteiger charge is -2.18. The number of halogens is 4. The van der Waals surface area contributed by atoms with Gasteiger partial charge in [0, 0.05) is 12.7 Å². The molecule has 1 amide bonds. The molecule has 27 heavy (non-hydrogen) atoms. The van der Waals surface area contributed by atoms with Gasteiger partial charge in [-0.1, -0.05) is 30.3 Å². The number of carbonyl (C=O) groups excluding carboxylic acids is 1. The van der Waals surface area contributed by atoms with E-state index in [9.17, 15) is 22.4 Å². The summed E-state index contributed by atoms with van der Waals surface area (Å²) in [5.41, 5.74) is -1.51. The highest BCUT2D eigenvalue weighted by Gasteiger charge is 2.39. The van der Waals surface area contributed by atoms with Crippen molar-refractivity contribution in [2.24, 2.45) is 0 Å². The molecule has 0 atom stereocenters. The number of carbonyl (C=O) groups is 1. The molecule has 0 aliphatic rings. The van der Waals surface area contributed by atoms with Gasteiger partial charge in [0.2, 0.25) is 0 Å². The molecule has 2 aromatic carbocycles. The van der Waals surface area contributed by atoms with E-state index >= 15 is 0 Å². The number of amides is 1. The number of alkyl halides is 3. The highest BCUT2D eigenvalue weighted by atomic mass is 19.4. The molecule has 2 aromatic rings. The predicted octanol–water partition coefficient (Wildman–Crippen LogP) is 4.58. The van der Waals surface area contributed by atoms with E-state index in [0.717, 1.165) is 17.0 Å². The number of likely N-dealkylation sites (N-methyl/N-ethyl adjacent to an activating group) is 1. The maximum absolute atomic E-state index is 14.1. The predicted molar refractivity (Wildman–Crippen MR) is 92.9 cm³/mol. The fraction of sp³-hybridized carbons (Fsp3) is 0.211. The van der Waals surface area contributed by atoms with Gasteiger partial charge in [0.05, 0.1) is 7.11 Å². The second-order valence-electron chi connectivity index (χ2n) is 5.45. The zero-order valence-corrected chi connectivity index (χ0v) is 14.6. The van der Waals surface area contributed by atoms with Crippen molar-refractivity contribution in [2.45, 2.75) is 6.18 Å². The molecule has 2 rings (SSSR count). The van der Waals surface area contributed by atoms with Crippen LogP contribution in [0.25, 0.3) is 5.57 Å². The number of benzene rings is 2. The van der Waals surface area contributed by atoms with Crippen LogP contribution in [0.5, 0.6) is 5.75 Å². The van der Waals surface area contributed by atoms with E-state index in [0.29, 0.717) is 11.4 Å². The third kappa shape index (κ3) is 5.22. The van der Waals surface area contributed by atoms with Crippen molar-refractivity contribution >= 4 is 17.2 Å². The summed E-state index contributed by atoms with van der Waals surface area (Å²) in [6.45, 7) is -0.888. The van der Waals surface area contributed by atoms with E-state index in [2.05, 4.69) is 4.74 Å². The van der Waals surface area contributed by atoms with E-state index in [1.165, 1.54) is 32.4 Å². The summed E-state index contributed by atoms with van der Waals surface area (Å²) in [5, 5.41) is 0. The van der Waals surface area contributed by atoms with Crippen LogP contribution in [-0.4, -0.2) is 32.8 Å². The monoisotopic (exact) mass is 383 g/mol. The Bertz CT molecular complexity index is 802. The van der Waals surface area contributed by atoms with Crippen LogP contribution in [0.2, 0.25) is 0 Å². The first-order valence-electron chi connectivity index (χ1n) is 7.80. The second kappa shape index (κ2) is 8.57. The fourth-order valence-corrected chi connectivity index (χ4v) is 2.24. The number of hydrogen-bond donors (Lipinski definition) is 0. The number of allylic oxidation sites excluding steroid dienone is 1. The third-order valence-electron chi connectivity index (χ3n) is 3.70. The number of ether oxygens (including phenoxy) is 2. The molecule has 0 unspecified atom stereocenters. The van der Waals surface area contributed by atoms with E-state index < -0.39 is 35.8 Å². The largest absolute Gasteiger partial charge is 0.497 e. The van der Waals surface area contributed by atoms with E-state index in [4.69, 9.17) is 4.74 Å². The maximum Gasteiger partial charge on any atom is 0.422 e. The zero-order valence-electron chi connectivity index (χ0n) is 14.6. The minimum atomic E-state index is -4.98. The Hall–Kier alpha value is -3.03. The Morgan fingerprint density at radius 1 is 1.04 bits per heavy atom. The zero-order chi connectivity index (χ0) is 20.0. The molecule has 0 fully saturated rings. The van der Waals surface area contributed by atoms with Gasteiger partial charge in [0.1, 0.15) is 11.3 Å². The van der Waals surface area contributed by atoms with E-state index in [1.54, 1.807) is 24.3 Å². The summed E-state index contributed by atoms with van der Waals surface area (Å²) >= 11 is 0. The quantitative estimate of drug-likeness (QED) is 0.542. The van der Waals surface area contributed by atoms with E-state index in [1.807, 2.05) is 0 Å². The molecule has 8 heteroatoms. The molecule has 0 saturated heterocycles. The van der Waals surface area contributed by atoms with Crippen LogP contribution < -0.4 is 9.64 Å². The van der Waals surface area contributed by atoms with E-state index in [-0.39, 0.29) is 0 Å². The highest BCUT2D eigenvalue weighted by Crippen LogP contribution is 2.37. The molecule has 0 aromatic heterocycles. The van der Waals surface area contributed by atoms with Gasteiger partial charge in [0.15, 0.2) is 6.61 Å². The van der Waals surface area contributed by atoms with Crippen molar-refractivity contribution in [3.63, 3.8) is 0 Å². The van der Waals surface area contributed by atoms with Crippen molar-refractivity contribution in [3.8, 4) is 5.75 Å². The Balaban J connectivity index is 2.14. The van der Waals surface area contributed by atoms with Crippen LogP contribution >= 0.6 is 0 Å². The van der Waals surface area contributed by atoms with Crippen molar-refractivity contribution < 1.29 is 31.8 Å². The maximum atomic E-state index is 14.1. The summed E-state index contributed by atoms with van der Waals surface area (Å²) in [6, 6.07) is 10.9. The molecule has 0 saturated carbocycles. The average molecular weight is 383 g/mol. The Morgan fingerprint density at radius 2 is 1.63 bits per heavy atom. The summed E-state index contributed by atoms with van der Waals surface area (Å²) < 4.78 is 63.2. The van der Waals surface area contributed by atoms with Gasteiger partial charge in [-0.2, -0.15) is 17.6 Å². The van der Waals surface area contributed by atoms with Gasteiger partial charge < -0.3 is 14.4 Å². The number of hydrogen-bond acceptors (Lipinski definition) is 3. The lowest BCUT2D eigenvalue weighted by Crippen LogP contribution is -2.30. The average Bonchev–Trinajstić information content (AvgIpc) is 2.65. The van der Waals surface area contributed by atoms with Gasteiger partial charge in [0.25, 0.3) is 11.9 Å². The normalized spacial score (nSPS) is 12.2. The van der Waals surface area contributed by atoms with Gasteiger partial charge >= 0.3 is 6.18 Å². The second-order valence-corrected chi connectivity index (χ2v) is 5.45. The standard InChI is InChI=1S/C19H17F4NO3/c1-24(14-8-10-15(26-2)11-9-14)16(25)12-27-18(20)17(19(21,22)23)13-6-4-3-5-7-13/h3-11H,12H2,1-2H3/b18-17+. The third-order valence-corrected chi connectivity index (χ3v) is 3.70. The molecule has 4 nitrogen and oxygen atoms in total. The van der Waals surface area contributed by atoms with Gasteiger partial charge in [-0.25, -0.2) is 0 Å². The SMILES string of the molecule is COc1ccc(N(C)C(=O)CO/C(F)=C(\c2ccccc2)C(F)(F)F)cc1. The van der Waals surface area contributed by atoms with Crippen LogP contribution in [0.15, 0.2) is 60.6 Å². The van der Waals surface area contributed by atoms with Crippen molar-refractivity contribution in [1.82, 2.24) is 0 Å². The molecule has 0 radical (unpaired) electrons. The fourth-order valence-electron chi connectivity index (χ4n) is 2.24. The summed E-state index contributed by atoms with van der Waals surface area (Å²) in [6.07, 6.45) is -4.98. The summed E-state index contributed by atoms with van der Waals surface area (Å²) in [4.78, 5) is 13.3. The molecular weight excluding hydrogens is 366 g/mol. The summed E-state index contributed by atoms with van der Waals surface area (Å²) in [5.74, 6) is -0.146. The lowest BCUT2D eigenvalue weighted by atomic mass is 10.1. The van der Waals surface area contributed by atoms with Crippen LogP contribution in [0.3, 0.4) is 0 Å². The van der Waals surface area contributed by atoms with Gasteiger partial charge in [-0.05, 0) is 29.8 Å². The Kier molecular flexibility index (Phi) is 6.44. The topological polar surface area (TPSA) is 38.8 Å². The number of rotatable bonds is 6. The van der Waals surface area contributed by atoms with Crippen LogP contribution in [0, 0.1) is 0 Å². The molecular formula is C19H17F4NO3. The van der Waals surface area contributed by atoms with Crippen molar-refractivity contribution in [3.05, 3.63) is 66.2 Å². The molecule has 0 heterocycles. The van der Waals surface area contributed by atoms with Gasteiger partial charge in [-0.15, -0.1) is 0 Å². The Labute approximate surface area is 153 Å². The molecule has 0 spiro atoms. The Morgan fingerprint density at radius 3 is 2.15 bits per heavy atom. The molecule has 0 bridgehead atoms. The van der Waals surface area contributed by atoms with Crippen molar-refractivity contribution in [1.29, 1.82) is 0 Å².